The lowest BCUT2D eigenvalue weighted by Crippen LogP contribution is -2.43. The zero-order chi connectivity index (χ0) is 28.8. The molecule has 41 heavy (non-hydrogen) atoms. The summed E-state index contributed by atoms with van der Waals surface area (Å²) in [7, 11) is 0. The molecule has 2 aromatic carbocycles. The standard InChI is InChI=1S/C31H31FN4O5/c1-17-7-10-24(23(32)15-17)34-27-18(2)30(38)41-28-25(19(3)36(22-8-9-22)29(37)26(27)28)20-5-4-6-21(16-20)33-31(39)35-11-13-40-14-12-35/h4-7,10,15-16,22,34H,8-9,11-14H2,1-3H3,(H,33,39). The van der Waals surface area contributed by atoms with E-state index in [2.05, 4.69) is 10.6 Å². The molecule has 2 amide bonds. The molecule has 212 valence electrons. The molecular formula is C31H31FN4O5. The molecule has 0 atom stereocenters. The molecule has 1 aliphatic carbocycles. The number of benzene rings is 2. The van der Waals surface area contributed by atoms with E-state index in [-0.39, 0.29) is 45.5 Å². The topological polar surface area (TPSA) is 106 Å². The van der Waals surface area contributed by atoms with E-state index in [0.29, 0.717) is 48.8 Å². The van der Waals surface area contributed by atoms with Gasteiger partial charge in [0.2, 0.25) is 0 Å². The maximum atomic E-state index is 14.9. The van der Waals surface area contributed by atoms with Crippen molar-refractivity contribution in [2.45, 2.75) is 39.7 Å². The van der Waals surface area contributed by atoms with E-state index in [1.165, 1.54) is 6.07 Å². The Morgan fingerprint density at radius 1 is 1.02 bits per heavy atom. The quantitative estimate of drug-likeness (QED) is 0.329. The molecule has 0 radical (unpaired) electrons. The summed E-state index contributed by atoms with van der Waals surface area (Å²) in [4.78, 5) is 41.7. The minimum Gasteiger partial charge on any atom is -0.421 e. The number of aryl methyl sites for hydroxylation is 1. The first-order valence-corrected chi connectivity index (χ1v) is 13.7. The number of amides is 2. The number of morpholine rings is 1. The van der Waals surface area contributed by atoms with Gasteiger partial charge < -0.3 is 29.3 Å². The van der Waals surface area contributed by atoms with Crippen LogP contribution < -0.4 is 21.8 Å². The predicted octanol–water partition coefficient (Wildman–Crippen LogP) is 5.63. The first kappa shape index (κ1) is 26.8. The molecule has 0 bridgehead atoms. The van der Waals surface area contributed by atoms with Crippen molar-refractivity contribution in [3.05, 3.63) is 85.9 Å². The number of fused-ring (bicyclic) bond motifs is 1. The van der Waals surface area contributed by atoms with Gasteiger partial charge in [-0.05, 0) is 69.0 Å². The monoisotopic (exact) mass is 558 g/mol. The van der Waals surface area contributed by atoms with E-state index in [1.807, 2.05) is 13.0 Å². The number of hydrogen-bond acceptors (Lipinski definition) is 6. The van der Waals surface area contributed by atoms with Gasteiger partial charge in [-0.25, -0.2) is 14.0 Å². The lowest BCUT2D eigenvalue weighted by Gasteiger charge is -2.27. The fourth-order valence-electron chi connectivity index (χ4n) is 5.41. The van der Waals surface area contributed by atoms with Crippen LogP contribution in [0.5, 0.6) is 0 Å². The van der Waals surface area contributed by atoms with Crippen molar-refractivity contribution in [3.63, 3.8) is 0 Å². The SMILES string of the molecule is Cc1ccc(Nc2c(C)c(=O)oc3c(-c4cccc(NC(=O)N5CCOCC5)c4)c(C)n(C4CC4)c(=O)c23)c(F)c1. The van der Waals surface area contributed by atoms with Gasteiger partial charge in [-0.1, -0.05) is 18.2 Å². The molecule has 0 unspecified atom stereocenters. The van der Waals surface area contributed by atoms with Crippen LogP contribution in [0, 0.1) is 26.6 Å². The Hall–Kier alpha value is -4.44. The van der Waals surface area contributed by atoms with Gasteiger partial charge in [0, 0.05) is 36.1 Å². The summed E-state index contributed by atoms with van der Waals surface area (Å²) in [5.74, 6) is -0.496. The van der Waals surface area contributed by atoms with Crippen LogP contribution in [0.15, 0.2) is 56.5 Å². The molecule has 10 heteroatoms. The zero-order valence-corrected chi connectivity index (χ0v) is 23.2. The minimum atomic E-state index is -0.631. The molecule has 0 spiro atoms. The first-order chi connectivity index (χ1) is 19.7. The molecule has 1 aliphatic heterocycles. The number of anilines is 3. The molecular weight excluding hydrogens is 527 g/mol. The molecule has 2 aliphatic rings. The smallest absolute Gasteiger partial charge is 0.341 e. The summed E-state index contributed by atoms with van der Waals surface area (Å²) in [6, 6.07) is 11.7. The zero-order valence-electron chi connectivity index (χ0n) is 23.2. The van der Waals surface area contributed by atoms with Crippen molar-refractivity contribution in [2.24, 2.45) is 0 Å². The third-order valence-corrected chi connectivity index (χ3v) is 7.73. The first-order valence-electron chi connectivity index (χ1n) is 13.7. The van der Waals surface area contributed by atoms with E-state index in [4.69, 9.17) is 9.15 Å². The number of hydrogen-bond donors (Lipinski definition) is 2. The number of pyridine rings is 1. The summed E-state index contributed by atoms with van der Waals surface area (Å²) < 4.78 is 27.8. The van der Waals surface area contributed by atoms with E-state index < -0.39 is 11.4 Å². The Morgan fingerprint density at radius 3 is 2.49 bits per heavy atom. The van der Waals surface area contributed by atoms with Gasteiger partial charge in [0.15, 0.2) is 5.58 Å². The van der Waals surface area contributed by atoms with Crippen LogP contribution in [0.25, 0.3) is 22.1 Å². The van der Waals surface area contributed by atoms with E-state index in [1.54, 1.807) is 53.6 Å². The fourth-order valence-corrected chi connectivity index (χ4v) is 5.41. The number of carbonyl (C=O) groups excluding carboxylic acids is 1. The van der Waals surface area contributed by atoms with Crippen LogP contribution in [-0.2, 0) is 4.74 Å². The van der Waals surface area contributed by atoms with Gasteiger partial charge >= 0.3 is 11.7 Å². The lowest BCUT2D eigenvalue weighted by molar-refractivity contribution is 0.0564. The second-order valence-corrected chi connectivity index (χ2v) is 10.7. The predicted molar refractivity (Wildman–Crippen MR) is 156 cm³/mol. The number of carbonyl (C=O) groups is 1. The Labute approximate surface area is 235 Å². The summed E-state index contributed by atoms with van der Waals surface area (Å²) in [5.41, 5.74) is 2.93. The van der Waals surface area contributed by atoms with Crippen LogP contribution in [0.1, 0.15) is 35.7 Å². The number of urea groups is 1. The van der Waals surface area contributed by atoms with Crippen molar-refractivity contribution >= 4 is 34.1 Å². The van der Waals surface area contributed by atoms with Crippen molar-refractivity contribution in [1.82, 2.24) is 9.47 Å². The van der Waals surface area contributed by atoms with Crippen LogP contribution in [0.4, 0.5) is 26.2 Å². The highest BCUT2D eigenvalue weighted by Crippen LogP contribution is 2.41. The third-order valence-electron chi connectivity index (χ3n) is 7.73. The van der Waals surface area contributed by atoms with Crippen LogP contribution in [0.3, 0.4) is 0 Å². The summed E-state index contributed by atoms with van der Waals surface area (Å²) in [6.07, 6.45) is 1.71. The number of nitrogens with one attached hydrogen (secondary N) is 2. The van der Waals surface area contributed by atoms with Crippen LogP contribution in [-0.4, -0.2) is 41.8 Å². The highest BCUT2D eigenvalue weighted by molar-refractivity contribution is 6.02. The molecule has 9 nitrogen and oxygen atoms in total. The molecule has 2 N–H and O–H groups in total. The Morgan fingerprint density at radius 2 is 1.78 bits per heavy atom. The van der Waals surface area contributed by atoms with Gasteiger partial charge in [-0.2, -0.15) is 0 Å². The minimum absolute atomic E-state index is 0.0195. The molecule has 4 aromatic rings. The highest BCUT2D eigenvalue weighted by atomic mass is 19.1. The van der Waals surface area contributed by atoms with E-state index >= 15 is 0 Å². The second-order valence-electron chi connectivity index (χ2n) is 10.7. The average molecular weight is 559 g/mol. The number of rotatable bonds is 5. The Bertz CT molecular complexity index is 1800. The van der Waals surface area contributed by atoms with Gasteiger partial charge in [-0.15, -0.1) is 0 Å². The Balaban J connectivity index is 1.53. The van der Waals surface area contributed by atoms with Gasteiger partial charge in [0.1, 0.15) is 11.2 Å². The van der Waals surface area contributed by atoms with Crippen molar-refractivity contribution in [1.29, 1.82) is 0 Å². The molecule has 3 heterocycles. The number of aromatic nitrogens is 1. The normalized spacial score (nSPS) is 15.3. The van der Waals surface area contributed by atoms with E-state index in [9.17, 15) is 18.8 Å². The number of ether oxygens (including phenoxy) is 1. The van der Waals surface area contributed by atoms with E-state index in [0.717, 1.165) is 18.4 Å². The molecule has 2 aromatic heterocycles. The molecule has 6 rings (SSSR count). The van der Waals surface area contributed by atoms with Gasteiger partial charge in [0.25, 0.3) is 5.56 Å². The summed E-state index contributed by atoms with van der Waals surface area (Å²) in [5, 5.41) is 6.15. The number of halogens is 1. The van der Waals surface area contributed by atoms with Crippen molar-refractivity contribution < 1.29 is 18.3 Å². The summed E-state index contributed by atoms with van der Waals surface area (Å²) >= 11 is 0. The molecule has 1 saturated heterocycles. The molecule has 2 fully saturated rings. The Kier molecular flexibility index (Phi) is 6.86. The maximum absolute atomic E-state index is 14.9. The lowest BCUT2D eigenvalue weighted by atomic mass is 9.99. The second kappa shape index (κ2) is 10.5. The highest BCUT2D eigenvalue weighted by Gasteiger charge is 2.31. The molecule has 1 saturated carbocycles. The van der Waals surface area contributed by atoms with Crippen molar-refractivity contribution in [3.8, 4) is 11.1 Å². The maximum Gasteiger partial charge on any atom is 0.341 e. The fraction of sp³-hybridized carbons (Fsp3) is 0.323. The number of nitrogens with zero attached hydrogens (tertiary/aromatic N) is 2. The van der Waals surface area contributed by atoms with Crippen molar-refractivity contribution in [2.75, 3.05) is 36.9 Å². The van der Waals surface area contributed by atoms with Crippen LogP contribution in [0.2, 0.25) is 0 Å². The average Bonchev–Trinajstić information content (AvgIpc) is 3.78. The van der Waals surface area contributed by atoms with Crippen LogP contribution >= 0.6 is 0 Å². The largest absolute Gasteiger partial charge is 0.421 e. The third kappa shape index (κ3) is 4.99. The van der Waals surface area contributed by atoms with Gasteiger partial charge in [-0.3, -0.25) is 4.79 Å². The van der Waals surface area contributed by atoms with Gasteiger partial charge in [0.05, 0.1) is 30.2 Å². The summed E-state index contributed by atoms with van der Waals surface area (Å²) in [6.45, 7) is 7.16.